The summed E-state index contributed by atoms with van der Waals surface area (Å²) in [6.45, 7) is 0.296. The van der Waals surface area contributed by atoms with Gasteiger partial charge in [0.2, 0.25) is 11.8 Å². The van der Waals surface area contributed by atoms with Crippen molar-refractivity contribution in [2.24, 2.45) is 0 Å². The van der Waals surface area contributed by atoms with Crippen molar-refractivity contribution in [3.63, 3.8) is 0 Å². The van der Waals surface area contributed by atoms with Gasteiger partial charge in [0.25, 0.3) is 0 Å². The molecule has 1 saturated heterocycles. The lowest BCUT2D eigenvalue weighted by molar-refractivity contribution is -0.148. The van der Waals surface area contributed by atoms with E-state index < -0.39 is 0 Å². The van der Waals surface area contributed by atoms with Gasteiger partial charge in [-0.3, -0.25) is 14.5 Å². The topological polar surface area (TPSA) is 76.3 Å². The number of pyridine rings is 1. The Bertz CT molecular complexity index is 415. The van der Waals surface area contributed by atoms with Crippen molar-refractivity contribution in [1.29, 1.82) is 0 Å². The van der Waals surface area contributed by atoms with Gasteiger partial charge in [-0.15, -0.1) is 0 Å². The number of likely N-dealkylation sites (tertiary alicyclic amines) is 1. The lowest BCUT2D eigenvalue weighted by atomic mass is 10.1. The molecule has 84 valence electrons. The summed E-state index contributed by atoms with van der Waals surface area (Å²) in [5.41, 5.74) is 6.36. The summed E-state index contributed by atoms with van der Waals surface area (Å²) in [4.78, 5) is 28.3. The van der Waals surface area contributed by atoms with E-state index in [9.17, 15) is 9.59 Å². The van der Waals surface area contributed by atoms with Crippen LogP contribution in [0.15, 0.2) is 18.3 Å². The van der Waals surface area contributed by atoms with Gasteiger partial charge in [0.05, 0.1) is 6.54 Å². The van der Waals surface area contributed by atoms with E-state index in [4.69, 9.17) is 5.73 Å². The number of nitrogens with two attached hydrogens (primary N) is 1. The normalized spacial score (nSPS) is 16.6. The number of carbonyl (C=O) groups is 2. The van der Waals surface area contributed by atoms with Gasteiger partial charge >= 0.3 is 0 Å². The molecular weight excluding hydrogens is 206 g/mol. The fourth-order valence-electron chi connectivity index (χ4n) is 1.75. The van der Waals surface area contributed by atoms with E-state index in [0.29, 0.717) is 31.6 Å². The Hall–Kier alpha value is -1.91. The zero-order valence-corrected chi connectivity index (χ0v) is 8.85. The molecule has 0 spiro atoms. The highest BCUT2D eigenvalue weighted by Gasteiger charge is 2.25. The number of rotatable bonds is 2. The standard InChI is InChI=1S/C11H13N3O2/c12-9-6-8(4-5-13-9)7-14-10(15)2-1-3-11(14)16/h4-6H,1-3,7H2,(H2,12,13). The molecule has 2 heterocycles. The van der Waals surface area contributed by atoms with Crippen LogP contribution >= 0.6 is 0 Å². The van der Waals surface area contributed by atoms with Gasteiger partial charge < -0.3 is 5.73 Å². The monoisotopic (exact) mass is 219 g/mol. The average molecular weight is 219 g/mol. The number of imide groups is 1. The predicted molar refractivity (Wildman–Crippen MR) is 58.1 cm³/mol. The Morgan fingerprint density at radius 1 is 1.31 bits per heavy atom. The maximum absolute atomic E-state index is 11.6. The first kappa shape index (κ1) is 10.6. The molecule has 5 nitrogen and oxygen atoms in total. The maximum Gasteiger partial charge on any atom is 0.229 e. The molecule has 2 rings (SSSR count). The highest BCUT2D eigenvalue weighted by Crippen LogP contribution is 2.16. The number of nitrogens with zero attached hydrogens (tertiary/aromatic N) is 2. The number of carbonyl (C=O) groups excluding carboxylic acids is 2. The first-order valence-electron chi connectivity index (χ1n) is 5.20. The van der Waals surface area contributed by atoms with Crippen molar-refractivity contribution < 1.29 is 9.59 Å². The van der Waals surface area contributed by atoms with Crippen LogP contribution in [-0.2, 0) is 16.1 Å². The molecule has 0 unspecified atom stereocenters. The second kappa shape index (κ2) is 4.30. The Kier molecular flexibility index (Phi) is 2.85. The van der Waals surface area contributed by atoms with E-state index in [2.05, 4.69) is 4.98 Å². The van der Waals surface area contributed by atoms with Crippen LogP contribution in [0.4, 0.5) is 5.82 Å². The molecule has 1 aromatic rings. The summed E-state index contributed by atoms with van der Waals surface area (Å²) in [7, 11) is 0. The van der Waals surface area contributed by atoms with Gasteiger partial charge in [-0.1, -0.05) is 0 Å². The summed E-state index contributed by atoms with van der Waals surface area (Å²) in [6, 6.07) is 3.43. The van der Waals surface area contributed by atoms with Gasteiger partial charge in [0.15, 0.2) is 0 Å². The first-order valence-corrected chi connectivity index (χ1v) is 5.20. The quantitative estimate of drug-likeness (QED) is 0.743. The summed E-state index contributed by atoms with van der Waals surface area (Å²) < 4.78 is 0. The number of anilines is 1. The molecule has 1 aliphatic rings. The van der Waals surface area contributed by atoms with E-state index in [1.807, 2.05) is 0 Å². The molecule has 5 heteroatoms. The SMILES string of the molecule is Nc1cc(CN2C(=O)CCCC2=O)ccn1. The molecule has 1 aromatic heterocycles. The van der Waals surface area contributed by atoms with Crippen molar-refractivity contribution in [2.75, 3.05) is 5.73 Å². The van der Waals surface area contributed by atoms with Crippen molar-refractivity contribution >= 4 is 17.6 Å². The lowest BCUT2D eigenvalue weighted by Crippen LogP contribution is -2.39. The molecule has 0 atom stereocenters. The average Bonchev–Trinajstić information content (AvgIpc) is 2.24. The summed E-state index contributed by atoms with van der Waals surface area (Å²) in [5, 5.41) is 0. The number of nitrogen functional groups attached to an aromatic ring is 1. The van der Waals surface area contributed by atoms with Crippen LogP contribution in [0.1, 0.15) is 24.8 Å². The number of hydrogen-bond donors (Lipinski definition) is 1. The van der Waals surface area contributed by atoms with Crippen LogP contribution in [-0.4, -0.2) is 21.7 Å². The molecule has 1 fully saturated rings. The van der Waals surface area contributed by atoms with E-state index in [1.54, 1.807) is 18.3 Å². The summed E-state index contributed by atoms with van der Waals surface area (Å²) in [6.07, 6.45) is 3.13. The van der Waals surface area contributed by atoms with E-state index >= 15 is 0 Å². The molecule has 0 saturated carbocycles. The van der Waals surface area contributed by atoms with Crippen LogP contribution < -0.4 is 5.73 Å². The van der Waals surface area contributed by atoms with E-state index in [0.717, 1.165) is 5.56 Å². The minimum atomic E-state index is -0.105. The Balaban J connectivity index is 2.13. The minimum Gasteiger partial charge on any atom is -0.384 e. The van der Waals surface area contributed by atoms with Crippen molar-refractivity contribution in [2.45, 2.75) is 25.8 Å². The Morgan fingerprint density at radius 3 is 2.62 bits per heavy atom. The van der Waals surface area contributed by atoms with Gasteiger partial charge in [0.1, 0.15) is 5.82 Å². The molecule has 2 amide bonds. The van der Waals surface area contributed by atoms with Crippen molar-refractivity contribution in [3.05, 3.63) is 23.9 Å². The van der Waals surface area contributed by atoms with Gasteiger partial charge in [-0.25, -0.2) is 4.98 Å². The zero-order chi connectivity index (χ0) is 11.5. The van der Waals surface area contributed by atoms with Crippen molar-refractivity contribution in [3.8, 4) is 0 Å². The fourth-order valence-corrected chi connectivity index (χ4v) is 1.75. The van der Waals surface area contributed by atoms with Crippen molar-refractivity contribution in [1.82, 2.24) is 9.88 Å². The third kappa shape index (κ3) is 2.18. The van der Waals surface area contributed by atoms with Gasteiger partial charge in [-0.2, -0.15) is 0 Å². The molecular formula is C11H13N3O2. The zero-order valence-electron chi connectivity index (χ0n) is 8.85. The Labute approximate surface area is 93.3 Å². The van der Waals surface area contributed by atoms with E-state index in [1.165, 1.54) is 4.90 Å². The molecule has 0 bridgehead atoms. The highest BCUT2D eigenvalue weighted by atomic mass is 16.2. The van der Waals surface area contributed by atoms with Crippen LogP contribution in [0.3, 0.4) is 0 Å². The number of hydrogen-bond acceptors (Lipinski definition) is 4. The molecule has 0 aliphatic carbocycles. The number of piperidine rings is 1. The number of amides is 2. The van der Waals surface area contributed by atoms with Crippen LogP contribution in [0.5, 0.6) is 0 Å². The molecule has 16 heavy (non-hydrogen) atoms. The summed E-state index contributed by atoms with van der Waals surface area (Å²) >= 11 is 0. The van der Waals surface area contributed by atoms with Gasteiger partial charge in [0, 0.05) is 19.0 Å². The third-order valence-electron chi connectivity index (χ3n) is 2.57. The van der Waals surface area contributed by atoms with Crippen LogP contribution in [0.25, 0.3) is 0 Å². The molecule has 2 N–H and O–H groups in total. The second-order valence-electron chi connectivity index (χ2n) is 3.82. The number of aromatic nitrogens is 1. The third-order valence-corrected chi connectivity index (χ3v) is 2.57. The molecule has 0 radical (unpaired) electrons. The molecule has 1 aliphatic heterocycles. The van der Waals surface area contributed by atoms with E-state index in [-0.39, 0.29) is 11.8 Å². The first-order chi connectivity index (χ1) is 7.66. The largest absolute Gasteiger partial charge is 0.384 e. The Morgan fingerprint density at radius 2 is 2.00 bits per heavy atom. The smallest absolute Gasteiger partial charge is 0.229 e. The highest BCUT2D eigenvalue weighted by molar-refractivity contribution is 5.97. The van der Waals surface area contributed by atoms with Gasteiger partial charge in [-0.05, 0) is 24.1 Å². The summed E-state index contributed by atoms with van der Waals surface area (Å²) in [5.74, 6) is 0.188. The fraction of sp³-hybridized carbons (Fsp3) is 0.364. The van der Waals surface area contributed by atoms with Crippen LogP contribution in [0, 0.1) is 0 Å². The maximum atomic E-state index is 11.6. The minimum absolute atomic E-state index is 0.105. The molecule has 0 aromatic carbocycles. The van der Waals surface area contributed by atoms with Crippen LogP contribution in [0.2, 0.25) is 0 Å². The lowest BCUT2D eigenvalue weighted by Gasteiger charge is -2.24. The predicted octanol–water partition coefficient (Wildman–Crippen LogP) is 0.703. The second-order valence-corrected chi connectivity index (χ2v) is 3.82.